The van der Waals surface area contributed by atoms with Gasteiger partial charge in [-0.2, -0.15) is 11.2 Å². The molecule has 0 aliphatic carbocycles. The standard InChI is InChI=1S/C51H58N4O.Pt/c1-47(2,3)34-20-23-42-41(28-34)40-22-21-38(31-43(40)54(42)46-29-35(24-25-52-46)51(13,14)33-18-16-15-17-19-33)56-39-27-36(48(4,5)6)26-37(30-39)55-45(50(10,11)12)32-44(53-55)49(7,8)9;/h15-29,32H,1-14H3;/q-2;+2. The molecule has 3 aromatic heterocycles. The molecule has 7 aromatic rings. The predicted molar refractivity (Wildman–Crippen MR) is 233 cm³/mol. The van der Waals surface area contributed by atoms with Crippen molar-refractivity contribution in [3.05, 3.63) is 143 Å². The fraction of sp³-hybridized carbons (Fsp3) is 0.373. The summed E-state index contributed by atoms with van der Waals surface area (Å²) in [7, 11) is 0. The van der Waals surface area contributed by atoms with Gasteiger partial charge in [0, 0.05) is 45.2 Å². The van der Waals surface area contributed by atoms with Crippen molar-refractivity contribution in [1.82, 2.24) is 19.3 Å². The van der Waals surface area contributed by atoms with E-state index in [0.717, 1.165) is 50.3 Å². The maximum atomic E-state index is 6.80. The summed E-state index contributed by atoms with van der Waals surface area (Å²) in [4.78, 5) is 4.99. The summed E-state index contributed by atoms with van der Waals surface area (Å²) >= 11 is 0. The van der Waals surface area contributed by atoms with Crippen molar-refractivity contribution < 1.29 is 25.8 Å². The van der Waals surface area contributed by atoms with Crippen LogP contribution in [0, 0.1) is 12.1 Å². The minimum atomic E-state index is -0.226. The Morgan fingerprint density at radius 1 is 0.544 bits per heavy atom. The second-order valence-corrected chi connectivity index (χ2v) is 20.1. The van der Waals surface area contributed by atoms with E-state index in [0.29, 0.717) is 11.5 Å². The molecule has 0 aliphatic heterocycles. The smallest absolute Gasteiger partial charge is 0.509 e. The normalized spacial score (nSPS) is 12.9. The van der Waals surface area contributed by atoms with Crippen LogP contribution < -0.4 is 4.74 Å². The second kappa shape index (κ2) is 14.7. The van der Waals surface area contributed by atoms with E-state index < -0.39 is 0 Å². The quantitative estimate of drug-likeness (QED) is 0.156. The first-order chi connectivity index (χ1) is 26.0. The number of hydrogen-bond acceptors (Lipinski definition) is 3. The number of rotatable bonds is 6. The number of benzene rings is 4. The number of pyridine rings is 1. The van der Waals surface area contributed by atoms with Gasteiger partial charge in [0.1, 0.15) is 5.82 Å². The first-order valence-corrected chi connectivity index (χ1v) is 19.9. The van der Waals surface area contributed by atoms with Gasteiger partial charge in [0.2, 0.25) is 0 Å². The Labute approximate surface area is 355 Å². The average molecular weight is 938 g/mol. The van der Waals surface area contributed by atoms with E-state index in [1.54, 1.807) is 0 Å². The molecule has 0 amide bonds. The summed E-state index contributed by atoms with van der Waals surface area (Å²) < 4.78 is 11.1. The summed E-state index contributed by atoms with van der Waals surface area (Å²) in [5.41, 5.74) is 9.28. The van der Waals surface area contributed by atoms with Crippen molar-refractivity contribution in [3.63, 3.8) is 0 Å². The van der Waals surface area contributed by atoms with Crippen molar-refractivity contribution >= 4 is 21.8 Å². The Bertz CT molecular complexity index is 2560. The summed E-state index contributed by atoms with van der Waals surface area (Å²) in [5.74, 6) is 2.08. The molecule has 57 heavy (non-hydrogen) atoms. The second-order valence-electron chi connectivity index (χ2n) is 20.1. The molecule has 0 atom stereocenters. The molecular formula is C51H58N4OPt. The summed E-state index contributed by atoms with van der Waals surface area (Å²) in [6.45, 7) is 31.3. The van der Waals surface area contributed by atoms with Gasteiger partial charge < -0.3 is 9.30 Å². The van der Waals surface area contributed by atoms with Gasteiger partial charge in [-0.15, -0.1) is 41.3 Å². The van der Waals surface area contributed by atoms with E-state index >= 15 is 0 Å². The Morgan fingerprint density at radius 3 is 1.86 bits per heavy atom. The first-order valence-electron chi connectivity index (χ1n) is 19.9. The van der Waals surface area contributed by atoms with Crippen molar-refractivity contribution in [2.75, 3.05) is 0 Å². The largest absolute Gasteiger partial charge is 2.00 e. The molecule has 7 rings (SSSR count). The molecule has 0 aliphatic rings. The van der Waals surface area contributed by atoms with Crippen molar-refractivity contribution in [2.45, 2.75) is 124 Å². The maximum Gasteiger partial charge on any atom is 2.00 e. The zero-order valence-corrected chi connectivity index (χ0v) is 38.5. The van der Waals surface area contributed by atoms with Crippen LogP contribution in [0.1, 0.15) is 131 Å². The van der Waals surface area contributed by atoms with Gasteiger partial charge in [0.25, 0.3) is 0 Å². The van der Waals surface area contributed by atoms with Crippen molar-refractivity contribution in [2.24, 2.45) is 0 Å². The number of hydrogen-bond donors (Lipinski definition) is 0. The zero-order chi connectivity index (χ0) is 40.6. The molecule has 298 valence electrons. The SMILES string of the molecule is CC(C)(C)c1cc(Oc2[c-]c3c(cc2)c2cc(C(C)(C)C)ccc2n3-c2cc(C(C)(C)c3ccccc3)ccn2)[c-]c(-n2nc(C(C)(C)C)cc2C(C)(C)C)c1.[Pt+2]. The zero-order valence-electron chi connectivity index (χ0n) is 36.3. The van der Waals surface area contributed by atoms with E-state index in [2.05, 4.69) is 203 Å². The van der Waals surface area contributed by atoms with Crippen LogP contribution in [0.3, 0.4) is 0 Å². The van der Waals surface area contributed by atoms with Gasteiger partial charge >= 0.3 is 21.1 Å². The van der Waals surface area contributed by atoms with Gasteiger partial charge in [-0.25, -0.2) is 4.98 Å². The fourth-order valence-corrected chi connectivity index (χ4v) is 7.35. The summed E-state index contributed by atoms with van der Waals surface area (Å²) in [6.07, 6.45) is 1.93. The number of aromatic nitrogens is 4. The molecule has 5 nitrogen and oxygen atoms in total. The number of nitrogens with zero attached hydrogens (tertiary/aromatic N) is 4. The minimum Gasteiger partial charge on any atom is -0.509 e. The van der Waals surface area contributed by atoms with Crippen LogP contribution in [-0.2, 0) is 48.1 Å². The predicted octanol–water partition coefficient (Wildman–Crippen LogP) is 13.3. The van der Waals surface area contributed by atoms with Gasteiger partial charge in [-0.3, -0.25) is 4.68 Å². The molecule has 3 heterocycles. The molecule has 0 saturated carbocycles. The van der Waals surface area contributed by atoms with E-state index in [1.165, 1.54) is 16.7 Å². The van der Waals surface area contributed by atoms with Gasteiger partial charge in [-0.1, -0.05) is 145 Å². The summed E-state index contributed by atoms with van der Waals surface area (Å²) in [5, 5.41) is 7.44. The van der Waals surface area contributed by atoms with Crippen LogP contribution in [0.4, 0.5) is 0 Å². The Hall–Kier alpha value is -4.47. The van der Waals surface area contributed by atoms with Crippen LogP contribution >= 0.6 is 0 Å². The molecule has 4 aromatic carbocycles. The van der Waals surface area contributed by atoms with E-state index in [9.17, 15) is 0 Å². The third-order valence-electron chi connectivity index (χ3n) is 11.1. The Morgan fingerprint density at radius 2 is 1.23 bits per heavy atom. The van der Waals surface area contributed by atoms with Crippen molar-refractivity contribution in [1.29, 1.82) is 0 Å². The third kappa shape index (κ3) is 8.28. The molecule has 0 spiro atoms. The molecule has 0 N–H and O–H groups in total. The third-order valence-corrected chi connectivity index (χ3v) is 11.1. The molecule has 0 unspecified atom stereocenters. The van der Waals surface area contributed by atoms with Crippen LogP contribution in [0.25, 0.3) is 33.3 Å². The average Bonchev–Trinajstić information content (AvgIpc) is 3.72. The molecular weight excluding hydrogens is 880 g/mol. The molecule has 0 saturated heterocycles. The number of ether oxygens (including phenoxy) is 1. The van der Waals surface area contributed by atoms with Gasteiger partial charge in [0.15, 0.2) is 0 Å². The van der Waals surface area contributed by atoms with Gasteiger partial charge in [-0.05, 0) is 62.9 Å². The van der Waals surface area contributed by atoms with Crippen LogP contribution in [0.15, 0.2) is 97.2 Å². The summed E-state index contributed by atoms with van der Waals surface area (Å²) in [6, 6.07) is 39.9. The van der Waals surface area contributed by atoms with Crippen LogP contribution in [0.5, 0.6) is 11.5 Å². The van der Waals surface area contributed by atoms with Gasteiger partial charge in [0.05, 0.1) is 5.69 Å². The molecule has 0 bridgehead atoms. The van der Waals surface area contributed by atoms with E-state index in [4.69, 9.17) is 14.8 Å². The van der Waals surface area contributed by atoms with Crippen LogP contribution in [-0.4, -0.2) is 19.3 Å². The van der Waals surface area contributed by atoms with E-state index in [1.807, 2.05) is 12.3 Å². The van der Waals surface area contributed by atoms with E-state index in [-0.39, 0.29) is 48.1 Å². The molecule has 6 heteroatoms. The Balaban J connectivity index is 0.00000549. The minimum absolute atomic E-state index is 0. The van der Waals surface area contributed by atoms with Crippen LogP contribution in [0.2, 0.25) is 0 Å². The Kier molecular flexibility index (Phi) is 10.9. The monoisotopic (exact) mass is 937 g/mol. The fourth-order valence-electron chi connectivity index (χ4n) is 7.35. The maximum absolute atomic E-state index is 6.80. The molecule has 0 fully saturated rings. The molecule has 0 radical (unpaired) electrons. The topological polar surface area (TPSA) is 44.9 Å². The van der Waals surface area contributed by atoms with Crippen molar-refractivity contribution in [3.8, 4) is 23.0 Å². The first kappa shape index (κ1) is 42.1. The number of fused-ring (bicyclic) bond motifs is 3.